The third-order valence-electron chi connectivity index (χ3n) is 5.16. The topological polar surface area (TPSA) is 57.9 Å². The molecule has 2 aromatic rings. The lowest BCUT2D eigenvalue weighted by atomic mass is 10.2. The van der Waals surface area contributed by atoms with Crippen molar-refractivity contribution in [3.63, 3.8) is 0 Å². The van der Waals surface area contributed by atoms with Crippen molar-refractivity contribution in [1.82, 2.24) is 20.0 Å². The third kappa shape index (κ3) is 6.08. The Morgan fingerprint density at radius 3 is 2.66 bits per heavy atom. The van der Waals surface area contributed by atoms with Crippen molar-refractivity contribution in [1.29, 1.82) is 0 Å². The summed E-state index contributed by atoms with van der Waals surface area (Å²) >= 11 is 1.81. The fourth-order valence-corrected chi connectivity index (χ4v) is 4.31. The van der Waals surface area contributed by atoms with Gasteiger partial charge in [0.05, 0.1) is 30.4 Å². The number of hydrogen-bond acceptors (Lipinski definition) is 5. The molecule has 0 spiro atoms. The Morgan fingerprint density at radius 1 is 1.28 bits per heavy atom. The van der Waals surface area contributed by atoms with Crippen LogP contribution in [0.2, 0.25) is 0 Å². The number of aryl methyl sites for hydroxylation is 1. The lowest BCUT2D eigenvalue weighted by Gasteiger charge is -2.37. The van der Waals surface area contributed by atoms with E-state index in [-0.39, 0.29) is 24.0 Å². The van der Waals surface area contributed by atoms with Crippen LogP contribution < -0.4 is 10.2 Å². The van der Waals surface area contributed by atoms with Crippen LogP contribution in [0.1, 0.15) is 23.9 Å². The molecule has 1 saturated heterocycles. The van der Waals surface area contributed by atoms with Crippen molar-refractivity contribution in [3.8, 4) is 0 Å². The number of methoxy groups -OCH3 is 1. The van der Waals surface area contributed by atoms with E-state index in [1.165, 1.54) is 16.3 Å². The summed E-state index contributed by atoms with van der Waals surface area (Å²) < 4.78 is 7.21. The Balaban J connectivity index is 0.00000300. The summed E-state index contributed by atoms with van der Waals surface area (Å²) in [5, 5.41) is 11.6. The summed E-state index contributed by atoms with van der Waals surface area (Å²) in [6.45, 7) is 13.3. The Kier molecular flexibility index (Phi) is 9.70. The second-order valence-corrected chi connectivity index (χ2v) is 7.89. The van der Waals surface area contributed by atoms with Crippen molar-refractivity contribution in [2.75, 3.05) is 51.3 Å². The van der Waals surface area contributed by atoms with Crippen LogP contribution in [0.5, 0.6) is 0 Å². The maximum atomic E-state index is 5.19. The smallest absolute Gasteiger partial charge is 0.194 e. The van der Waals surface area contributed by atoms with E-state index in [0.717, 1.165) is 50.9 Å². The van der Waals surface area contributed by atoms with Crippen LogP contribution in [-0.2, 0) is 17.8 Å². The average Bonchev–Trinajstić information content (AvgIpc) is 3.33. The van der Waals surface area contributed by atoms with Gasteiger partial charge in [-0.05, 0) is 38.3 Å². The van der Waals surface area contributed by atoms with E-state index >= 15 is 0 Å². The number of halogens is 1. The van der Waals surface area contributed by atoms with Crippen LogP contribution in [0.15, 0.2) is 22.5 Å². The van der Waals surface area contributed by atoms with Crippen LogP contribution in [0.3, 0.4) is 0 Å². The summed E-state index contributed by atoms with van der Waals surface area (Å²) in [5.74, 6) is 0.997. The molecule has 7 nitrogen and oxygen atoms in total. The van der Waals surface area contributed by atoms with E-state index in [9.17, 15) is 0 Å². The van der Waals surface area contributed by atoms with Gasteiger partial charge in [0.15, 0.2) is 5.96 Å². The summed E-state index contributed by atoms with van der Waals surface area (Å²) in [5.41, 5.74) is 3.44. The molecular weight excluding hydrogens is 499 g/mol. The van der Waals surface area contributed by atoms with E-state index in [1.54, 1.807) is 7.11 Å². The third-order valence-corrected chi connectivity index (χ3v) is 6.09. The number of piperazine rings is 1. The van der Waals surface area contributed by atoms with Gasteiger partial charge in [-0.25, -0.2) is 4.99 Å². The zero-order valence-electron chi connectivity index (χ0n) is 17.8. The van der Waals surface area contributed by atoms with Gasteiger partial charge in [0, 0.05) is 51.1 Å². The van der Waals surface area contributed by atoms with Gasteiger partial charge in [-0.3, -0.25) is 4.68 Å². The van der Waals surface area contributed by atoms with E-state index in [4.69, 9.17) is 9.73 Å². The molecule has 1 fully saturated rings. The Bertz CT molecular complexity index is 768. The first-order valence-electron chi connectivity index (χ1n) is 9.97. The molecule has 0 atom stereocenters. The highest BCUT2D eigenvalue weighted by atomic mass is 127. The molecule has 0 amide bonds. The monoisotopic (exact) mass is 532 g/mol. The maximum absolute atomic E-state index is 5.19. The summed E-state index contributed by atoms with van der Waals surface area (Å²) in [6.07, 6.45) is 0. The summed E-state index contributed by atoms with van der Waals surface area (Å²) in [4.78, 5) is 9.77. The number of rotatable bonds is 7. The van der Waals surface area contributed by atoms with Crippen molar-refractivity contribution in [2.45, 2.75) is 33.9 Å². The SMILES string of the molecule is CCNC(=NCc1c(C)nn(CCOC)c1C)N1CCN(c2cccs2)CC1.I. The van der Waals surface area contributed by atoms with Crippen LogP contribution in [0, 0.1) is 13.8 Å². The highest BCUT2D eigenvalue weighted by molar-refractivity contribution is 14.0. The van der Waals surface area contributed by atoms with Crippen molar-refractivity contribution < 1.29 is 4.74 Å². The molecule has 29 heavy (non-hydrogen) atoms. The summed E-state index contributed by atoms with van der Waals surface area (Å²) in [7, 11) is 1.72. The normalized spacial score (nSPS) is 14.8. The molecule has 3 rings (SSSR count). The first kappa shape index (κ1) is 23.9. The fraction of sp³-hybridized carbons (Fsp3) is 0.600. The van der Waals surface area contributed by atoms with Crippen LogP contribution in [0.4, 0.5) is 5.00 Å². The molecule has 0 unspecified atom stereocenters. The second kappa shape index (κ2) is 11.8. The van der Waals surface area contributed by atoms with Gasteiger partial charge in [-0.15, -0.1) is 35.3 Å². The second-order valence-electron chi connectivity index (χ2n) is 6.96. The number of nitrogens with zero attached hydrogens (tertiary/aromatic N) is 5. The predicted octanol–water partition coefficient (Wildman–Crippen LogP) is 3.11. The van der Waals surface area contributed by atoms with Gasteiger partial charge in [0.2, 0.25) is 0 Å². The standard InChI is InChI=1S/C20H32N6OS.HI/c1-5-21-20(25-10-8-24(9-11-25)19-7-6-14-28-19)22-15-18-16(2)23-26(17(18)3)12-13-27-4;/h6-7,14H,5,8-13,15H2,1-4H3,(H,21,22);1H. The highest BCUT2D eigenvalue weighted by Gasteiger charge is 2.20. The molecule has 1 aliphatic rings. The molecule has 0 aliphatic carbocycles. The van der Waals surface area contributed by atoms with E-state index in [2.05, 4.69) is 58.5 Å². The zero-order valence-corrected chi connectivity index (χ0v) is 21.0. The molecule has 162 valence electrons. The Morgan fingerprint density at radius 2 is 2.03 bits per heavy atom. The Labute approximate surface area is 195 Å². The van der Waals surface area contributed by atoms with Crippen LogP contribution in [-0.4, -0.2) is 67.1 Å². The molecule has 1 aliphatic heterocycles. The first-order valence-corrected chi connectivity index (χ1v) is 10.9. The largest absolute Gasteiger partial charge is 0.383 e. The van der Waals surface area contributed by atoms with Crippen molar-refractivity contribution in [3.05, 3.63) is 34.5 Å². The number of thiophene rings is 1. The molecule has 0 saturated carbocycles. The Hall–Kier alpha value is -1.33. The number of anilines is 1. The van der Waals surface area contributed by atoms with Crippen LogP contribution >= 0.6 is 35.3 Å². The van der Waals surface area contributed by atoms with Gasteiger partial charge >= 0.3 is 0 Å². The first-order chi connectivity index (χ1) is 13.6. The average molecular weight is 532 g/mol. The molecule has 0 radical (unpaired) electrons. The quantitative estimate of drug-likeness (QED) is 0.338. The van der Waals surface area contributed by atoms with Gasteiger partial charge in [0.25, 0.3) is 0 Å². The minimum absolute atomic E-state index is 0. The van der Waals surface area contributed by atoms with E-state index < -0.39 is 0 Å². The lowest BCUT2D eigenvalue weighted by Crippen LogP contribution is -2.52. The van der Waals surface area contributed by atoms with Crippen molar-refractivity contribution in [2.24, 2.45) is 4.99 Å². The van der Waals surface area contributed by atoms with Gasteiger partial charge < -0.3 is 19.9 Å². The molecule has 2 aromatic heterocycles. The van der Waals surface area contributed by atoms with Gasteiger partial charge in [-0.1, -0.05) is 0 Å². The number of nitrogens with one attached hydrogen (secondary N) is 1. The van der Waals surface area contributed by atoms with E-state index in [0.29, 0.717) is 13.2 Å². The molecule has 3 heterocycles. The lowest BCUT2D eigenvalue weighted by molar-refractivity contribution is 0.182. The fourth-order valence-electron chi connectivity index (χ4n) is 3.53. The summed E-state index contributed by atoms with van der Waals surface area (Å²) in [6, 6.07) is 4.32. The van der Waals surface area contributed by atoms with Crippen LogP contribution in [0.25, 0.3) is 0 Å². The van der Waals surface area contributed by atoms with E-state index in [1.807, 2.05) is 16.0 Å². The molecule has 9 heteroatoms. The zero-order chi connectivity index (χ0) is 19.9. The number of ether oxygens (including phenoxy) is 1. The highest BCUT2D eigenvalue weighted by Crippen LogP contribution is 2.22. The predicted molar refractivity (Wildman–Crippen MR) is 132 cm³/mol. The minimum atomic E-state index is 0. The number of aromatic nitrogens is 2. The molecule has 0 bridgehead atoms. The number of guanidine groups is 1. The van der Waals surface area contributed by atoms with Gasteiger partial charge in [0.1, 0.15) is 0 Å². The minimum Gasteiger partial charge on any atom is -0.383 e. The number of aliphatic imine (C=N–C) groups is 1. The molecule has 1 N–H and O–H groups in total. The molecule has 0 aromatic carbocycles. The molecular formula is C20H33IN6OS. The van der Waals surface area contributed by atoms with Crippen molar-refractivity contribution >= 4 is 46.3 Å². The van der Waals surface area contributed by atoms with Gasteiger partial charge in [-0.2, -0.15) is 5.10 Å². The maximum Gasteiger partial charge on any atom is 0.194 e. The number of hydrogen-bond donors (Lipinski definition) is 1.